The molecule has 3 nitrogen and oxygen atoms in total. The van der Waals surface area contributed by atoms with Gasteiger partial charge in [0.1, 0.15) is 5.75 Å². The lowest BCUT2D eigenvalue weighted by Crippen LogP contribution is -2.15. The molecule has 0 atom stereocenters. The van der Waals surface area contributed by atoms with Crippen LogP contribution in [0.5, 0.6) is 5.75 Å². The van der Waals surface area contributed by atoms with Gasteiger partial charge in [0.05, 0.1) is 19.0 Å². The van der Waals surface area contributed by atoms with E-state index in [1.165, 1.54) is 18.4 Å². The maximum atomic E-state index is 5.84. The summed E-state index contributed by atoms with van der Waals surface area (Å²) in [6, 6.07) is 8.44. The van der Waals surface area contributed by atoms with Crippen molar-refractivity contribution in [3.63, 3.8) is 0 Å². The van der Waals surface area contributed by atoms with Crippen LogP contribution in [0.2, 0.25) is 0 Å². The number of hydrogen-bond donors (Lipinski definition) is 1. The molecule has 80 valence electrons. The molecule has 1 aliphatic rings. The van der Waals surface area contributed by atoms with E-state index in [-0.39, 0.29) is 0 Å². The molecule has 1 aliphatic carbocycles. The first-order valence-electron chi connectivity index (χ1n) is 5.23. The van der Waals surface area contributed by atoms with Crippen molar-refractivity contribution in [1.82, 2.24) is 0 Å². The van der Waals surface area contributed by atoms with Crippen molar-refractivity contribution in [2.24, 2.45) is 10.7 Å². The average molecular weight is 204 g/mol. The van der Waals surface area contributed by atoms with Crippen LogP contribution >= 0.6 is 0 Å². The number of rotatable bonds is 4. The Hall–Kier alpha value is -1.51. The SMILES string of the molecule is COc1ccc(CC(N)=NC2CC2)cc1. The topological polar surface area (TPSA) is 47.6 Å². The molecule has 0 spiro atoms. The third kappa shape index (κ3) is 2.98. The molecule has 1 fully saturated rings. The Morgan fingerprint density at radius 2 is 2.07 bits per heavy atom. The Labute approximate surface area is 90.0 Å². The first-order chi connectivity index (χ1) is 7.28. The highest BCUT2D eigenvalue weighted by atomic mass is 16.5. The number of nitrogens with two attached hydrogens (primary N) is 1. The molecule has 2 rings (SSSR count). The van der Waals surface area contributed by atoms with E-state index in [1.807, 2.05) is 24.3 Å². The Morgan fingerprint density at radius 1 is 1.40 bits per heavy atom. The van der Waals surface area contributed by atoms with Crippen LogP contribution in [-0.2, 0) is 6.42 Å². The number of benzene rings is 1. The number of nitrogens with zero attached hydrogens (tertiary/aromatic N) is 1. The van der Waals surface area contributed by atoms with Gasteiger partial charge in [0.2, 0.25) is 0 Å². The summed E-state index contributed by atoms with van der Waals surface area (Å²) >= 11 is 0. The molecular formula is C12H16N2O. The summed E-state index contributed by atoms with van der Waals surface area (Å²) in [6.45, 7) is 0. The zero-order valence-electron chi connectivity index (χ0n) is 8.94. The molecule has 0 bridgehead atoms. The summed E-state index contributed by atoms with van der Waals surface area (Å²) < 4.78 is 5.09. The van der Waals surface area contributed by atoms with E-state index in [0.29, 0.717) is 6.04 Å². The zero-order valence-corrected chi connectivity index (χ0v) is 8.94. The molecule has 0 amide bonds. The smallest absolute Gasteiger partial charge is 0.118 e. The highest BCUT2D eigenvalue weighted by Crippen LogP contribution is 2.23. The zero-order chi connectivity index (χ0) is 10.7. The van der Waals surface area contributed by atoms with Crippen molar-refractivity contribution < 1.29 is 4.74 Å². The van der Waals surface area contributed by atoms with Crippen LogP contribution < -0.4 is 10.5 Å². The van der Waals surface area contributed by atoms with Crippen molar-refractivity contribution in [3.8, 4) is 5.75 Å². The summed E-state index contributed by atoms with van der Waals surface area (Å²) in [5.74, 6) is 1.61. The van der Waals surface area contributed by atoms with E-state index in [9.17, 15) is 0 Å². The molecule has 0 unspecified atom stereocenters. The monoisotopic (exact) mass is 204 g/mol. The van der Waals surface area contributed by atoms with Crippen molar-refractivity contribution in [2.45, 2.75) is 25.3 Å². The largest absolute Gasteiger partial charge is 0.497 e. The summed E-state index contributed by atoms with van der Waals surface area (Å²) in [4.78, 5) is 4.39. The summed E-state index contributed by atoms with van der Waals surface area (Å²) in [5.41, 5.74) is 7.01. The van der Waals surface area contributed by atoms with Crippen LogP contribution in [0.25, 0.3) is 0 Å². The lowest BCUT2D eigenvalue weighted by atomic mass is 10.1. The van der Waals surface area contributed by atoms with Crippen LogP contribution in [0.3, 0.4) is 0 Å². The summed E-state index contributed by atoms with van der Waals surface area (Å²) in [7, 11) is 1.66. The normalized spacial score (nSPS) is 16.5. The van der Waals surface area contributed by atoms with Gasteiger partial charge in [-0.05, 0) is 30.5 Å². The Morgan fingerprint density at radius 3 is 2.60 bits per heavy atom. The fourth-order valence-corrected chi connectivity index (χ4v) is 1.44. The molecular weight excluding hydrogens is 188 g/mol. The molecule has 1 aromatic carbocycles. The van der Waals surface area contributed by atoms with Gasteiger partial charge in [0.15, 0.2) is 0 Å². The minimum Gasteiger partial charge on any atom is -0.497 e. The second kappa shape index (κ2) is 4.34. The molecule has 0 aromatic heterocycles. The van der Waals surface area contributed by atoms with Crippen LogP contribution in [0, 0.1) is 0 Å². The highest BCUT2D eigenvalue weighted by molar-refractivity contribution is 5.83. The molecule has 2 N–H and O–H groups in total. The second-order valence-corrected chi connectivity index (χ2v) is 3.88. The van der Waals surface area contributed by atoms with Crippen molar-refractivity contribution in [3.05, 3.63) is 29.8 Å². The van der Waals surface area contributed by atoms with Gasteiger partial charge in [-0.3, -0.25) is 4.99 Å². The maximum Gasteiger partial charge on any atom is 0.118 e. The third-order valence-corrected chi connectivity index (χ3v) is 2.44. The van der Waals surface area contributed by atoms with Crippen LogP contribution in [0.1, 0.15) is 18.4 Å². The van der Waals surface area contributed by atoms with Crippen molar-refractivity contribution >= 4 is 5.84 Å². The van der Waals surface area contributed by atoms with Gasteiger partial charge < -0.3 is 10.5 Å². The number of amidine groups is 1. The molecule has 3 heteroatoms. The Kier molecular flexibility index (Phi) is 2.90. The van der Waals surface area contributed by atoms with E-state index in [4.69, 9.17) is 10.5 Å². The molecule has 0 aliphatic heterocycles. The average Bonchev–Trinajstić information content (AvgIpc) is 3.03. The van der Waals surface area contributed by atoms with Gasteiger partial charge in [-0.15, -0.1) is 0 Å². The Bertz CT molecular complexity index is 352. The van der Waals surface area contributed by atoms with Gasteiger partial charge in [0, 0.05) is 6.42 Å². The van der Waals surface area contributed by atoms with E-state index in [2.05, 4.69) is 4.99 Å². The fraction of sp³-hybridized carbons (Fsp3) is 0.417. The number of hydrogen-bond acceptors (Lipinski definition) is 2. The fourth-order valence-electron chi connectivity index (χ4n) is 1.44. The number of ether oxygens (including phenoxy) is 1. The van der Waals surface area contributed by atoms with Crippen LogP contribution in [-0.4, -0.2) is 19.0 Å². The predicted octanol–water partition coefficient (Wildman–Crippen LogP) is 1.76. The lowest BCUT2D eigenvalue weighted by molar-refractivity contribution is 0.414. The van der Waals surface area contributed by atoms with E-state index in [0.717, 1.165) is 18.0 Å². The minimum atomic E-state index is 0.503. The Balaban J connectivity index is 1.97. The molecule has 15 heavy (non-hydrogen) atoms. The van der Waals surface area contributed by atoms with Gasteiger partial charge in [0.25, 0.3) is 0 Å². The predicted molar refractivity (Wildman–Crippen MR) is 61.3 cm³/mol. The van der Waals surface area contributed by atoms with Crippen LogP contribution in [0.4, 0.5) is 0 Å². The van der Waals surface area contributed by atoms with Gasteiger partial charge in [-0.2, -0.15) is 0 Å². The molecule has 0 heterocycles. The van der Waals surface area contributed by atoms with Crippen molar-refractivity contribution in [1.29, 1.82) is 0 Å². The van der Waals surface area contributed by atoms with Gasteiger partial charge >= 0.3 is 0 Å². The highest BCUT2D eigenvalue weighted by Gasteiger charge is 2.20. The van der Waals surface area contributed by atoms with Gasteiger partial charge in [-0.25, -0.2) is 0 Å². The minimum absolute atomic E-state index is 0.503. The maximum absolute atomic E-state index is 5.84. The van der Waals surface area contributed by atoms with E-state index < -0.39 is 0 Å². The quantitative estimate of drug-likeness (QED) is 0.600. The van der Waals surface area contributed by atoms with Crippen molar-refractivity contribution in [2.75, 3.05) is 7.11 Å². The number of aliphatic imine (C=N–C) groups is 1. The molecule has 0 saturated heterocycles. The van der Waals surface area contributed by atoms with E-state index in [1.54, 1.807) is 7.11 Å². The number of methoxy groups -OCH3 is 1. The molecule has 1 saturated carbocycles. The summed E-state index contributed by atoms with van der Waals surface area (Å²) in [5, 5.41) is 0. The van der Waals surface area contributed by atoms with E-state index >= 15 is 0 Å². The standard InChI is InChI=1S/C12H16N2O/c1-15-11-6-2-9(3-7-11)8-12(13)14-10-4-5-10/h2-3,6-7,10H,4-5,8H2,1H3,(H2,13,14). The molecule has 1 aromatic rings. The summed E-state index contributed by atoms with van der Waals surface area (Å²) in [6.07, 6.45) is 3.13. The van der Waals surface area contributed by atoms with Crippen LogP contribution in [0.15, 0.2) is 29.3 Å². The first-order valence-corrected chi connectivity index (χ1v) is 5.23. The second-order valence-electron chi connectivity index (χ2n) is 3.88. The molecule has 0 radical (unpaired) electrons. The lowest BCUT2D eigenvalue weighted by Gasteiger charge is -2.03. The third-order valence-electron chi connectivity index (χ3n) is 2.44. The first kappa shape index (κ1) is 10.0. The van der Waals surface area contributed by atoms with Gasteiger partial charge in [-0.1, -0.05) is 12.1 Å².